The highest BCUT2D eigenvalue weighted by molar-refractivity contribution is 6.46. The molecule has 1 atom stereocenters. The van der Waals surface area contributed by atoms with Gasteiger partial charge in [-0.05, 0) is 41.3 Å². The van der Waals surface area contributed by atoms with Crippen LogP contribution in [-0.2, 0) is 14.3 Å². The van der Waals surface area contributed by atoms with E-state index in [2.05, 4.69) is 13.8 Å². The number of halogens is 1. The van der Waals surface area contributed by atoms with E-state index in [1.165, 1.54) is 36.3 Å². The molecule has 1 saturated heterocycles. The van der Waals surface area contributed by atoms with Crippen molar-refractivity contribution in [1.82, 2.24) is 4.90 Å². The zero-order valence-corrected chi connectivity index (χ0v) is 16.7. The van der Waals surface area contributed by atoms with Gasteiger partial charge in [0, 0.05) is 19.2 Å². The number of aliphatic hydroxyl groups is 1. The Balaban J connectivity index is 2.13. The molecular formula is C23H24FNO4. The van der Waals surface area contributed by atoms with Gasteiger partial charge < -0.3 is 14.7 Å². The van der Waals surface area contributed by atoms with E-state index < -0.39 is 23.5 Å². The van der Waals surface area contributed by atoms with Crippen molar-refractivity contribution in [2.45, 2.75) is 25.8 Å². The summed E-state index contributed by atoms with van der Waals surface area (Å²) in [4.78, 5) is 26.9. The normalized spacial score (nSPS) is 18.7. The van der Waals surface area contributed by atoms with Crippen molar-refractivity contribution in [2.75, 3.05) is 20.3 Å². The average molecular weight is 397 g/mol. The van der Waals surface area contributed by atoms with E-state index in [9.17, 15) is 19.1 Å². The Morgan fingerprint density at radius 1 is 1.10 bits per heavy atom. The van der Waals surface area contributed by atoms with E-state index in [-0.39, 0.29) is 30.0 Å². The molecule has 2 aromatic rings. The molecular weight excluding hydrogens is 373 g/mol. The number of nitrogens with zero attached hydrogens (tertiary/aromatic N) is 1. The van der Waals surface area contributed by atoms with Crippen LogP contribution in [0.25, 0.3) is 5.76 Å². The minimum absolute atomic E-state index is 0.00462. The second-order valence-corrected chi connectivity index (χ2v) is 7.31. The van der Waals surface area contributed by atoms with Crippen molar-refractivity contribution in [1.29, 1.82) is 0 Å². The van der Waals surface area contributed by atoms with Gasteiger partial charge in [-0.2, -0.15) is 0 Å². The molecule has 0 bridgehead atoms. The highest BCUT2D eigenvalue weighted by Gasteiger charge is 2.45. The van der Waals surface area contributed by atoms with Crippen LogP contribution in [0.4, 0.5) is 4.39 Å². The molecule has 1 fully saturated rings. The van der Waals surface area contributed by atoms with Crippen LogP contribution in [-0.4, -0.2) is 42.0 Å². The molecule has 1 aliphatic rings. The Kier molecular flexibility index (Phi) is 6.13. The maximum Gasteiger partial charge on any atom is 0.295 e. The molecule has 1 heterocycles. The van der Waals surface area contributed by atoms with E-state index in [0.29, 0.717) is 11.5 Å². The Morgan fingerprint density at radius 2 is 1.72 bits per heavy atom. The second-order valence-electron chi connectivity index (χ2n) is 7.31. The zero-order valence-electron chi connectivity index (χ0n) is 16.7. The molecule has 2 aromatic carbocycles. The Morgan fingerprint density at radius 3 is 2.28 bits per heavy atom. The number of rotatable bonds is 6. The largest absolute Gasteiger partial charge is 0.507 e. The maximum absolute atomic E-state index is 13.3. The minimum atomic E-state index is -0.763. The quantitative estimate of drug-likeness (QED) is 0.454. The first kappa shape index (κ1) is 20.7. The number of likely N-dealkylation sites (tertiary alicyclic amines) is 1. The van der Waals surface area contributed by atoms with E-state index in [1.807, 2.05) is 24.3 Å². The minimum Gasteiger partial charge on any atom is -0.507 e. The van der Waals surface area contributed by atoms with Crippen LogP contribution in [0.1, 0.15) is 42.5 Å². The van der Waals surface area contributed by atoms with Crippen LogP contribution in [0.3, 0.4) is 0 Å². The lowest BCUT2D eigenvalue weighted by atomic mass is 9.93. The van der Waals surface area contributed by atoms with Crippen LogP contribution in [0.15, 0.2) is 54.1 Å². The van der Waals surface area contributed by atoms with Crippen molar-refractivity contribution in [3.8, 4) is 0 Å². The predicted octanol–water partition coefficient (Wildman–Crippen LogP) is 4.02. The summed E-state index contributed by atoms with van der Waals surface area (Å²) < 4.78 is 18.4. The van der Waals surface area contributed by atoms with E-state index >= 15 is 0 Å². The summed E-state index contributed by atoms with van der Waals surface area (Å²) in [5.41, 5.74) is 2.12. The van der Waals surface area contributed by atoms with Crippen LogP contribution in [0, 0.1) is 5.82 Å². The summed E-state index contributed by atoms with van der Waals surface area (Å²) >= 11 is 0. The molecule has 29 heavy (non-hydrogen) atoms. The first-order chi connectivity index (χ1) is 13.8. The molecule has 6 heteroatoms. The highest BCUT2D eigenvalue weighted by atomic mass is 19.1. The van der Waals surface area contributed by atoms with Gasteiger partial charge >= 0.3 is 0 Å². The number of amides is 1. The number of benzene rings is 2. The first-order valence-electron chi connectivity index (χ1n) is 9.48. The summed E-state index contributed by atoms with van der Waals surface area (Å²) in [5.74, 6) is -1.89. The van der Waals surface area contributed by atoms with Crippen LogP contribution in [0.5, 0.6) is 0 Å². The lowest BCUT2D eigenvalue weighted by molar-refractivity contribution is -0.140. The number of aliphatic hydroxyl groups excluding tert-OH is 1. The molecule has 0 spiro atoms. The van der Waals surface area contributed by atoms with Crippen LogP contribution >= 0.6 is 0 Å². The summed E-state index contributed by atoms with van der Waals surface area (Å²) in [6, 6.07) is 12.1. The molecule has 1 aliphatic heterocycles. The average Bonchev–Trinajstić information content (AvgIpc) is 2.97. The number of Topliss-reactive ketones (excluding diaryl/α,β-unsaturated/α-hetero) is 1. The third-order valence-corrected chi connectivity index (χ3v) is 5.11. The highest BCUT2D eigenvalue weighted by Crippen LogP contribution is 2.39. The molecule has 1 amide bonds. The van der Waals surface area contributed by atoms with Crippen molar-refractivity contribution >= 4 is 17.4 Å². The Hall–Kier alpha value is -2.99. The van der Waals surface area contributed by atoms with Gasteiger partial charge in [-0.15, -0.1) is 0 Å². The van der Waals surface area contributed by atoms with Crippen molar-refractivity contribution in [2.24, 2.45) is 0 Å². The Labute approximate surface area is 169 Å². The standard InChI is InChI=1S/C23H24FNO4/c1-14(2)15-4-6-16(7-5-15)20-19(21(26)17-8-10-18(24)11-9-17)22(27)23(28)25(20)12-13-29-3/h4-11,14,20,26H,12-13H2,1-3H3/b21-19-. The number of ketones is 1. The molecule has 152 valence electrons. The van der Waals surface area contributed by atoms with Gasteiger partial charge in [0.1, 0.15) is 11.6 Å². The van der Waals surface area contributed by atoms with Gasteiger partial charge in [0.05, 0.1) is 18.2 Å². The summed E-state index contributed by atoms with van der Waals surface area (Å²) in [7, 11) is 1.52. The number of carbonyl (C=O) groups excluding carboxylic acids is 2. The summed E-state index contributed by atoms with van der Waals surface area (Å²) in [5, 5.41) is 10.8. The fraction of sp³-hybridized carbons (Fsp3) is 0.304. The SMILES string of the molecule is COCCN1C(=O)C(=O)/C(=C(\O)c2ccc(F)cc2)C1c1ccc(C(C)C)cc1. The zero-order chi connectivity index (χ0) is 21.1. The molecule has 1 unspecified atom stereocenters. The smallest absolute Gasteiger partial charge is 0.295 e. The van der Waals surface area contributed by atoms with E-state index in [1.54, 1.807) is 0 Å². The van der Waals surface area contributed by atoms with Crippen molar-refractivity contribution in [3.05, 3.63) is 76.6 Å². The molecule has 0 radical (unpaired) electrons. The van der Waals surface area contributed by atoms with E-state index in [0.717, 1.165) is 5.56 Å². The van der Waals surface area contributed by atoms with Crippen molar-refractivity contribution < 1.29 is 23.8 Å². The van der Waals surface area contributed by atoms with Gasteiger partial charge in [0.25, 0.3) is 11.7 Å². The first-order valence-corrected chi connectivity index (χ1v) is 9.48. The fourth-order valence-electron chi connectivity index (χ4n) is 3.47. The number of hydrogen-bond acceptors (Lipinski definition) is 4. The monoisotopic (exact) mass is 397 g/mol. The number of methoxy groups -OCH3 is 1. The molecule has 0 aromatic heterocycles. The fourth-order valence-corrected chi connectivity index (χ4v) is 3.47. The van der Waals surface area contributed by atoms with Crippen molar-refractivity contribution in [3.63, 3.8) is 0 Å². The summed E-state index contributed by atoms with van der Waals surface area (Å²) in [6.07, 6.45) is 0. The Bertz CT molecular complexity index is 932. The topological polar surface area (TPSA) is 66.8 Å². The third kappa shape index (κ3) is 4.07. The molecule has 0 saturated carbocycles. The van der Waals surface area contributed by atoms with Crippen LogP contribution < -0.4 is 0 Å². The third-order valence-electron chi connectivity index (χ3n) is 5.11. The van der Waals surface area contributed by atoms with Gasteiger partial charge in [0.2, 0.25) is 0 Å². The number of ether oxygens (including phenoxy) is 1. The molecule has 5 nitrogen and oxygen atoms in total. The molecule has 0 aliphatic carbocycles. The number of hydrogen-bond donors (Lipinski definition) is 1. The van der Waals surface area contributed by atoms with Gasteiger partial charge in [0.15, 0.2) is 0 Å². The van der Waals surface area contributed by atoms with Gasteiger partial charge in [-0.3, -0.25) is 9.59 Å². The second kappa shape index (κ2) is 8.57. The van der Waals surface area contributed by atoms with Gasteiger partial charge in [-0.25, -0.2) is 4.39 Å². The lowest BCUT2D eigenvalue weighted by Crippen LogP contribution is -2.32. The predicted molar refractivity (Wildman–Crippen MR) is 108 cm³/mol. The molecule has 3 rings (SSSR count). The van der Waals surface area contributed by atoms with Gasteiger partial charge in [-0.1, -0.05) is 38.1 Å². The van der Waals surface area contributed by atoms with Crippen LogP contribution in [0.2, 0.25) is 0 Å². The molecule has 1 N–H and O–H groups in total. The van der Waals surface area contributed by atoms with E-state index in [4.69, 9.17) is 4.74 Å². The lowest BCUT2D eigenvalue weighted by Gasteiger charge is -2.25. The maximum atomic E-state index is 13.3. The number of carbonyl (C=O) groups is 2. The summed E-state index contributed by atoms with van der Waals surface area (Å²) in [6.45, 7) is 4.62.